The van der Waals surface area contributed by atoms with Crippen molar-refractivity contribution in [3.05, 3.63) is 0 Å². The van der Waals surface area contributed by atoms with Gasteiger partial charge in [-0.3, -0.25) is 0 Å². The standard InChI is InChI=1S/C12H18O3/c1-11(6-8-3-4-9(11)5-8)12(7-15-12)10(13)14-2/h8-9H,3-7H2,1-2H3. The molecule has 1 saturated heterocycles. The van der Waals surface area contributed by atoms with Gasteiger partial charge in [-0.05, 0) is 31.1 Å². The molecule has 3 fully saturated rings. The summed E-state index contributed by atoms with van der Waals surface area (Å²) in [6, 6.07) is 0. The van der Waals surface area contributed by atoms with E-state index in [1.54, 1.807) is 0 Å². The summed E-state index contributed by atoms with van der Waals surface area (Å²) in [5.74, 6) is 1.34. The van der Waals surface area contributed by atoms with Gasteiger partial charge in [0.15, 0.2) is 5.60 Å². The van der Waals surface area contributed by atoms with Gasteiger partial charge in [0.1, 0.15) is 0 Å². The van der Waals surface area contributed by atoms with Crippen molar-refractivity contribution in [2.24, 2.45) is 17.3 Å². The Hall–Kier alpha value is -0.570. The van der Waals surface area contributed by atoms with Crippen LogP contribution in [0.3, 0.4) is 0 Å². The second kappa shape index (κ2) is 2.76. The van der Waals surface area contributed by atoms with Crippen LogP contribution in [0.25, 0.3) is 0 Å². The molecule has 0 aromatic carbocycles. The summed E-state index contributed by atoms with van der Waals surface area (Å²) in [5, 5.41) is 0. The maximum Gasteiger partial charge on any atom is 0.341 e. The molecule has 0 spiro atoms. The summed E-state index contributed by atoms with van der Waals surface area (Å²) in [4.78, 5) is 11.8. The molecule has 3 rings (SSSR count). The van der Waals surface area contributed by atoms with Crippen LogP contribution in [0.2, 0.25) is 0 Å². The Balaban J connectivity index is 1.90. The van der Waals surface area contributed by atoms with E-state index in [2.05, 4.69) is 6.92 Å². The van der Waals surface area contributed by atoms with Crippen molar-refractivity contribution in [3.8, 4) is 0 Å². The molecule has 1 aliphatic heterocycles. The number of fused-ring (bicyclic) bond motifs is 2. The van der Waals surface area contributed by atoms with Crippen LogP contribution in [0.15, 0.2) is 0 Å². The van der Waals surface area contributed by atoms with Gasteiger partial charge in [-0.25, -0.2) is 4.79 Å². The molecule has 2 aliphatic carbocycles. The lowest BCUT2D eigenvalue weighted by atomic mass is 9.66. The van der Waals surface area contributed by atoms with E-state index in [0.29, 0.717) is 12.5 Å². The molecule has 0 amide bonds. The van der Waals surface area contributed by atoms with E-state index in [0.717, 1.165) is 12.3 Å². The molecule has 0 N–H and O–H groups in total. The van der Waals surface area contributed by atoms with Crippen molar-refractivity contribution in [3.63, 3.8) is 0 Å². The second-order valence-corrected chi connectivity index (χ2v) is 5.60. The molecule has 3 aliphatic rings. The zero-order valence-electron chi connectivity index (χ0n) is 9.41. The third kappa shape index (κ3) is 1.02. The quantitative estimate of drug-likeness (QED) is 0.515. The summed E-state index contributed by atoms with van der Waals surface area (Å²) in [5.41, 5.74) is -0.537. The van der Waals surface area contributed by atoms with Crippen LogP contribution in [0.1, 0.15) is 32.6 Å². The van der Waals surface area contributed by atoms with Gasteiger partial charge in [-0.1, -0.05) is 13.3 Å². The van der Waals surface area contributed by atoms with E-state index in [9.17, 15) is 4.79 Å². The van der Waals surface area contributed by atoms with Crippen LogP contribution >= 0.6 is 0 Å². The first kappa shape index (κ1) is 9.64. The van der Waals surface area contributed by atoms with Crippen molar-refractivity contribution < 1.29 is 14.3 Å². The second-order valence-electron chi connectivity index (χ2n) is 5.60. The van der Waals surface area contributed by atoms with Gasteiger partial charge >= 0.3 is 5.97 Å². The minimum Gasteiger partial charge on any atom is -0.467 e. The van der Waals surface area contributed by atoms with Crippen LogP contribution in [-0.2, 0) is 14.3 Å². The predicted octanol–water partition coefficient (Wildman–Crippen LogP) is 1.75. The van der Waals surface area contributed by atoms with Crippen molar-refractivity contribution in [1.82, 2.24) is 0 Å². The maximum absolute atomic E-state index is 11.8. The third-order valence-electron chi connectivity index (χ3n) is 5.03. The largest absolute Gasteiger partial charge is 0.467 e. The highest BCUT2D eigenvalue weighted by Crippen LogP contribution is 2.64. The number of hydrogen-bond acceptors (Lipinski definition) is 3. The van der Waals surface area contributed by atoms with Crippen LogP contribution < -0.4 is 0 Å². The fourth-order valence-corrected chi connectivity index (χ4v) is 4.02. The van der Waals surface area contributed by atoms with E-state index >= 15 is 0 Å². The highest BCUT2D eigenvalue weighted by molar-refractivity contribution is 5.83. The average Bonchev–Trinajstić information content (AvgIpc) is 2.84. The first-order valence-corrected chi connectivity index (χ1v) is 5.85. The number of carbonyl (C=O) groups excluding carboxylic acids is 1. The Bertz CT molecular complexity index is 308. The number of methoxy groups -OCH3 is 1. The zero-order chi connectivity index (χ0) is 10.7. The molecule has 0 radical (unpaired) electrons. The van der Waals surface area contributed by atoms with Gasteiger partial charge in [0.25, 0.3) is 0 Å². The van der Waals surface area contributed by atoms with Crippen LogP contribution in [-0.4, -0.2) is 25.3 Å². The van der Waals surface area contributed by atoms with Crippen LogP contribution in [0.4, 0.5) is 0 Å². The number of carbonyl (C=O) groups is 1. The van der Waals surface area contributed by atoms with E-state index in [-0.39, 0.29) is 11.4 Å². The number of hydrogen-bond donors (Lipinski definition) is 0. The molecule has 1 heterocycles. The third-order valence-corrected chi connectivity index (χ3v) is 5.03. The summed E-state index contributed by atoms with van der Waals surface area (Å²) in [6.07, 6.45) is 5.05. The Kier molecular flexibility index (Phi) is 1.77. The normalized spacial score (nSPS) is 51.9. The molecule has 0 aromatic heterocycles. The maximum atomic E-state index is 11.8. The number of ether oxygens (including phenoxy) is 2. The average molecular weight is 210 g/mol. The summed E-state index contributed by atoms with van der Waals surface area (Å²) in [7, 11) is 1.46. The molecule has 3 heteroatoms. The number of epoxide rings is 1. The lowest BCUT2D eigenvalue weighted by Gasteiger charge is -2.37. The van der Waals surface area contributed by atoms with Gasteiger partial charge in [0, 0.05) is 5.41 Å². The van der Waals surface area contributed by atoms with Crippen molar-refractivity contribution >= 4 is 5.97 Å². The Morgan fingerprint density at radius 1 is 1.47 bits per heavy atom. The van der Waals surface area contributed by atoms with Crippen molar-refractivity contribution in [1.29, 1.82) is 0 Å². The van der Waals surface area contributed by atoms with E-state index in [4.69, 9.17) is 9.47 Å². The first-order chi connectivity index (χ1) is 7.12. The van der Waals surface area contributed by atoms with E-state index in [1.807, 2.05) is 0 Å². The van der Waals surface area contributed by atoms with E-state index < -0.39 is 5.60 Å². The predicted molar refractivity (Wildman–Crippen MR) is 54.3 cm³/mol. The summed E-state index contributed by atoms with van der Waals surface area (Å²) < 4.78 is 10.4. The molecule has 2 bridgehead atoms. The smallest absolute Gasteiger partial charge is 0.341 e. The SMILES string of the molecule is COC(=O)C1(C2(C)CC3CCC2C3)CO1. The fourth-order valence-electron chi connectivity index (χ4n) is 4.02. The van der Waals surface area contributed by atoms with E-state index in [1.165, 1.54) is 26.4 Å². The minimum atomic E-state index is -0.582. The number of esters is 1. The highest BCUT2D eigenvalue weighted by Gasteiger charge is 2.70. The highest BCUT2D eigenvalue weighted by atomic mass is 16.6. The fraction of sp³-hybridized carbons (Fsp3) is 0.917. The molecule has 4 atom stereocenters. The van der Waals surface area contributed by atoms with Gasteiger partial charge in [-0.15, -0.1) is 0 Å². The lowest BCUT2D eigenvalue weighted by Crippen LogP contribution is -2.46. The Labute approximate surface area is 90.1 Å². The van der Waals surface area contributed by atoms with Crippen molar-refractivity contribution in [2.45, 2.75) is 38.2 Å². The number of rotatable bonds is 2. The molecule has 3 nitrogen and oxygen atoms in total. The van der Waals surface area contributed by atoms with Crippen LogP contribution in [0, 0.1) is 17.3 Å². The summed E-state index contributed by atoms with van der Waals surface area (Å²) >= 11 is 0. The Morgan fingerprint density at radius 3 is 2.60 bits per heavy atom. The lowest BCUT2D eigenvalue weighted by molar-refractivity contribution is -0.154. The van der Waals surface area contributed by atoms with Crippen LogP contribution in [0.5, 0.6) is 0 Å². The molecule has 15 heavy (non-hydrogen) atoms. The Morgan fingerprint density at radius 2 is 2.20 bits per heavy atom. The molecular weight excluding hydrogens is 192 g/mol. The molecule has 0 aromatic rings. The van der Waals surface area contributed by atoms with Gasteiger partial charge in [-0.2, -0.15) is 0 Å². The minimum absolute atomic E-state index is 0.0447. The molecule has 84 valence electrons. The van der Waals surface area contributed by atoms with Crippen molar-refractivity contribution in [2.75, 3.05) is 13.7 Å². The zero-order valence-corrected chi connectivity index (χ0v) is 9.41. The molecule has 2 saturated carbocycles. The van der Waals surface area contributed by atoms with Gasteiger partial charge < -0.3 is 9.47 Å². The summed E-state index contributed by atoms with van der Waals surface area (Å²) in [6.45, 7) is 2.79. The monoisotopic (exact) mass is 210 g/mol. The molecular formula is C12H18O3. The topological polar surface area (TPSA) is 38.8 Å². The molecule has 4 unspecified atom stereocenters. The first-order valence-electron chi connectivity index (χ1n) is 5.85. The van der Waals surface area contributed by atoms with Gasteiger partial charge in [0.05, 0.1) is 13.7 Å². The van der Waals surface area contributed by atoms with Gasteiger partial charge in [0.2, 0.25) is 0 Å².